The number of carboxylic acid groups (broad SMARTS) is 1. The number of Topliss-reactive ketones (excluding diaryl/α,β-unsaturated/α-hetero) is 1. The lowest BCUT2D eigenvalue weighted by Crippen LogP contribution is -2.66. The van der Waals surface area contributed by atoms with Gasteiger partial charge in [-0.2, -0.15) is 0 Å². The zero-order chi connectivity index (χ0) is 45.0. The lowest BCUT2D eigenvalue weighted by molar-refractivity contribution is -0.236. The molecule has 5 saturated carbocycles. The maximum absolute atomic E-state index is 14.2. The Balaban J connectivity index is 1.08. The number of allylic oxidation sites excluding steroid dienone is 2. The molecular formula is C50H70Cl2N2O7. The van der Waals surface area contributed by atoms with E-state index in [4.69, 9.17) is 27.9 Å². The van der Waals surface area contributed by atoms with Gasteiger partial charge in [-0.25, -0.2) is 0 Å². The van der Waals surface area contributed by atoms with Gasteiger partial charge in [0.1, 0.15) is 6.10 Å². The lowest BCUT2D eigenvalue weighted by atomic mass is 9.33. The molecule has 0 unspecified atom stereocenters. The molecule has 0 saturated heterocycles. The summed E-state index contributed by atoms with van der Waals surface area (Å²) in [7, 11) is 0. The first-order valence-corrected chi connectivity index (χ1v) is 23.7. The number of nitrogens with one attached hydrogen (secondary N) is 2. The molecule has 5 fully saturated rings. The lowest BCUT2D eigenvalue weighted by Gasteiger charge is -2.72. The molecule has 0 aliphatic heterocycles. The number of hydrogen-bond donors (Lipinski definition) is 3. The molecule has 0 bridgehead atoms. The third kappa shape index (κ3) is 7.30. The Labute approximate surface area is 373 Å². The van der Waals surface area contributed by atoms with E-state index in [1.807, 2.05) is 27.7 Å². The molecule has 11 heteroatoms. The number of aliphatic carboxylic acids is 1. The topological polar surface area (TPSA) is 139 Å². The van der Waals surface area contributed by atoms with Gasteiger partial charge in [0, 0.05) is 35.8 Å². The largest absolute Gasteiger partial charge is 0.481 e. The highest BCUT2D eigenvalue weighted by Crippen LogP contribution is 2.77. The monoisotopic (exact) mass is 880 g/mol. The number of halogens is 2. The van der Waals surface area contributed by atoms with Crippen LogP contribution in [0.5, 0.6) is 0 Å². The molecule has 9 nitrogen and oxygen atoms in total. The highest BCUT2D eigenvalue weighted by molar-refractivity contribution is 6.42. The smallest absolute Gasteiger partial charge is 0.309 e. The number of ketones is 1. The quantitative estimate of drug-likeness (QED) is 0.199. The Bertz CT molecular complexity index is 2060. The standard InChI is InChI=1S/C50H70Cl2N2O7/c1-27(2)39-34(55)24-50(25-38(56)53-26-44(3,4)54-41(57)28-12-14-32(51)33(52)22-28)21-20-48(10)29(40(39)50)13-15-36-47(9)18-17-37(46(7,8)35(47)16-19-49(36,48)11)61-43(60)31-23-30(42(58)59)45(31,5)6/h12,14,22,27,29-31,35-37H,13,15-21,23-26H2,1-11H3,(H,53,56)(H,54,57)(H,58,59)/t29-,30+,31-,35+,36-,37+,47+,48-,49-,50+/m1/s1. The van der Waals surface area contributed by atoms with Crippen LogP contribution in [0.4, 0.5) is 0 Å². The SMILES string of the molecule is CC(C)C1=C2[C@H]3CC[C@@H]4[C@@]5(C)CC[C@H](OC(=O)[C@H]6C[C@@H](C(=O)O)C6(C)C)C(C)(C)[C@@H]5CC[C@@]4(C)[C@]3(C)CC[C@@]2(CC(=O)NCC(C)(C)NC(=O)c2ccc(Cl)c(Cl)c2)CC1=O. The average Bonchev–Trinajstić information content (AvgIpc) is 3.44. The summed E-state index contributed by atoms with van der Waals surface area (Å²) in [4.78, 5) is 66.8. The van der Waals surface area contributed by atoms with E-state index in [1.165, 1.54) is 11.6 Å². The van der Waals surface area contributed by atoms with Crippen LogP contribution < -0.4 is 10.6 Å². The third-order valence-electron chi connectivity index (χ3n) is 18.5. The second-order valence-corrected chi connectivity index (χ2v) is 24.0. The number of rotatable bonds is 10. The van der Waals surface area contributed by atoms with Gasteiger partial charge in [-0.1, -0.05) is 91.1 Å². The number of esters is 1. The van der Waals surface area contributed by atoms with Crippen LogP contribution in [0.15, 0.2) is 29.3 Å². The second-order valence-electron chi connectivity index (χ2n) is 23.2. The van der Waals surface area contributed by atoms with E-state index in [2.05, 4.69) is 59.1 Å². The summed E-state index contributed by atoms with van der Waals surface area (Å²) in [6.07, 6.45) is 8.35. The van der Waals surface area contributed by atoms with E-state index in [0.29, 0.717) is 40.3 Å². The summed E-state index contributed by atoms with van der Waals surface area (Å²) in [6, 6.07) is 4.74. The first kappa shape index (κ1) is 46.1. The minimum Gasteiger partial charge on any atom is -0.481 e. The summed E-state index contributed by atoms with van der Waals surface area (Å²) < 4.78 is 6.42. The number of carboxylic acids is 1. The Hall–Kier alpha value is -2.91. The molecule has 0 heterocycles. The minimum absolute atomic E-state index is 0.00818. The maximum Gasteiger partial charge on any atom is 0.309 e. The molecule has 0 spiro atoms. The Morgan fingerprint density at radius 3 is 2.16 bits per heavy atom. The molecule has 7 rings (SSSR count). The molecule has 0 aromatic heterocycles. The fourth-order valence-electron chi connectivity index (χ4n) is 14.9. The van der Waals surface area contributed by atoms with Gasteiger partial charge in [0.15, 0.2) is 5.78 Å². The van der Waals surface area contributed by atoms with Crippen LogP contribution in [0.25, 0.3) is 0 Å². The molecular weight excluding hydrogens is 811 g/mol. The number of amides is 2. The van der Waals surface area contributed by atoms with Gasteiger partial charge >= 0.3 is 11.9 Å². The summed E-state index contributed by atoms with van der Waals surface area (Å²) in [6.45, 7) is 24.1. The Kier molecular flexibility index (Phi) is 11.6. The molecule has 1 aromatic rings. The summed E-state index contributed by atoms with van der Waals surface area (Å²) in [5.74, 6) is -1.18. The number of carbonyl (C=O) groups is 5. The molecule has 6 aliphatic carbocycles. The number of benzene rings is 1. The van der Waals surface area contributed by atoms with Gasteiger partial charge in [0.05, 0.1) is 27.4 Å². The van der Waals surface area contributed by atoms with Gasteiger partial charge in [0.2, 0.25) is 5.91 Å². The molecule has 1 aromatic carbocycles. The molecule has 6 aliphatic rings. The van der Waals surface area contributed by atoms with Crippen molar-refractivity contribution in [1.82, 2.24) is 10.6 Å². The van der Waals surface area contributed by atoms with Crippen molar-refractivity contribution >= 4 is 52.7 Å². The van der Waals surface area contributed by atoms with Crippen molar-refractivity contribution in [3.05, 3.63) is 45.0 Å². The van der Waals surface area contributed by atoms with Crippen LogP contribution in [0.1, 0.15) is 157 Å². The number of ether oxygens (including phenoxy) is 1. The van der Waals surface area contributed by atoms with Gasteiger partial charge in [-0.05, 0) is 141 Å². The molecule has 10 atom stereocenters. The first-order chi connectivity index (χ1) is 28.1. The van der Waals surface area contributed by atoms with Crippen LogP contribution in [-0.4, -0.2) is 52.8 Å². The van der Waals surface area contributed by atoms with E-state index >= 15 is 0 Å². The van der Waals surface area contributed by atoms with Crippen LogP contribution in [0.2, 0.25) is 10.0 Å². The van der Waals surface area contributed by atoms with Crippen molar-refractivity contribution in [3.8, 4) is 0 Å². The van der Waals surface area contributed by atoms with Crippen molar-refractivity contribution in [3.63, 3.8) is 0 Å². The van der Waals surface area contributed by atoms with E-state index in [9.17, 15) is 29.1 Å². The van der Waals surface area contributed by atoms with Crippen LogP contribution >= 0.6 is 23.2 Å². The fraction of sp³-hybridized carbons (Fsp3) is 0.740. The summed E-state index contributed by atoms with van der Waals surface area (Å²) >= 11 is 12.2. The van der Waals surface area contributed by atoms with Crippen molar-refractivity contribution in [1.29, 1.82) is 0 Å². The Morgan fingerprint density at radius 1 is 0.852 bits per heavy atom. The van der Waals surface area contributed by atoms with Gasteiger partial charge in [-0.3, -0.25) is 24.0 Å². The fourth-order valence-corrected chi connectivity index (χ4v) is 15.2. The van der Waals surface area contributed by atoms with Gasteiger partial charge in [-0.15, -0.1) is 0 Å². The summed E-state index contributed by atoms with van der Waals surface area (Å²) in [5.41, 5.74) is 0.420. The zero-order valence-electron chi connectivity index (χ0n) is 38.4. The molecule has 61 heavy (non-hydrogen) atoms. The van der Waals surface area contributed by atoms with E-state index in [1.54, 1.807) is 12.1 Å². The first-order valence-electron chi connectivity index (χ1n) is 22.9. The number of fused-ring (bicyclic) bond motifs is 7. The highest BCUT2D eigenvalue weighted by atomic mass is 35.5. The van der Waals surface area contributed by atoms with E-state index in [0.717, 1.165) is 56.9 Å². The van der Waals surface area contributed by atoms with Crippen LogP contribution in [0.3, 0.4) is 0 Å². The predicted octanol–water partition coefficient (Wildman–Crippen LogP) is 10.6. The van der Waals surface area contributed by atoms with E-state index < -0.39 is 34.2 Å². The summed E-state index contributed by atoms with van der Waals surface area (Å²) in [5, 5.41) is 16.5. The minimum atomic E-state index is -0.844. The number of hydrogen-bond acceptors (Lipinski definition) is 6. The predicted molar refractivity (Wildman–Crippen MR) is 238 cm³/mol. The van der Waals surface area contributed by atoms with Crippen molar-refractivity contribution in [2.24, 2.45) is 68.0 Å². The van der Waals surface area contributed by atoms with Gasteiger partial charge in [0.25, 0.3) is 5.91 Å². The van der Waals surface area contributed by atoms with Crippen molar-refractivity contribution in [2.45, 2.75) is 158 Å². The van der Waals surface area contributed by atoms with Crippen molar-refractivity contribution in [2.75, 3.05) is 6.54 Å². The van der Waals surface area contributed by atoms with Gasteiger partial charge < -0.3 is 20.5 Å². The van der Waals surface area contributed by atoms with Crippen LogP contribution in [-0.2, 0) is 23.9 Å². The molecule has 3 N–H and O–H groups in total. The third-order valence-corrected chi connectivity index (χ3v) is 19.2. The number of carbonyl (C=O) groups excluding carboxylic acids is 4. The second kappa shape index (κ2) is 15.4. The molecule has 336 valence electrons. The van der Waals surface area contributed by atoms with Crippen LogP contribution in [0, 0.1) is 68.0 Å². The zero-order valence-corrected chi connectivity index (χ0v) is 39.9. The Morgan fingerprint density at radius 2 is 1.54 bits per heavy atom. The normalized spacial score (nSPS) is 37.4. The van der Waals surface area contributed by atoms with E-state index in [-0.39, 0.29) is 76.1 Å². The maximum atomic E-state index is 14.2. The highest BCUT2D eigenvalue weighted by Gasteiger charge is 2.70. The average molecular weight is 882 g/mol. The van der Waals surface area contributed by atoms with Crippen molar-refractivity contribution < 1.29 is 33.8 Å². The molecule has 0 radical (unpaired) electrons. The molecule has 2 amide bonds.